The number of ether oxygens (including phenoxy) is 1. The molecular weight excluding hydrogens is 418 g/mol. The minimum Gasteiger partial charge on any atom is -0.379 e. The maximum absolute atomic E-state index is 13.2. The fourth-order valence-corrected chi connectivity index (χ4v) is 5.70. The van der Waals surface area contributed by atoms with Gasteiger partial charge in [-0.2, -0.15) is 4.31 Å². The monoisotopic (exact) mass is 451 g/mol. The van der Waals surface area contributed by atoms with Crippen molar-refractivity contribution in [3.63, 3.8) is 0 Å². The molecule has 9 heteroatoms. The predicted octanol–water partition coefficient (Wildman–Crippen LogP) is 1.82. The zero-order chi connectivity index (χ0) is 22.4. The van der Waals surface area contributed by atoms with E-state index in [1.165, 1.54) is 10.4 Å². The number of piperidine rings is 1. The number of hydrogen-bond donors (Lipinski definition) is 0. The van der Waals surface area contributed by atoms with Crippen LogP contribution in [0.4, 0.5) is 0 Å². The largest absolute Gasteiger partial charge is 0.379 e. The number of hydrogen-bond acceptors (Lipinski definition) is 5. The highest BCUT2D eigenvalue weighted by atomic mass is 32.2. The number of morpholine rings is 1. The number of likely N-dealkylation sites (tertiary alicyclic amines) is 1. The van der Waals surface area contributed by atoms with Gasteiger partial charge in [-0.15, -0.1) is 0 Å². The standard InChI is InChI=1S/C22H33N3O5S/c1-3-4-11-23(2)21(26)18-9-12-24(13-10-18)22(27)19-7-5-6-8-20(19)31(28,29)25-14-16-30-17-15-25/h5-8,18H,3-4,9-17H2,1-2H3. The van der Waals surface area contributed by atoms with E-state index >= 15 is 0 Å². The Morgan fingerprint density at radius 3 is 2.39 bits per heavy atom. The van der Waals surface area contributed by atoms with Crippen LogP contribution in [0, 0.1) is 5.92 Å². The van der Waals surface area contributed by atoms with Crippen LogP contribution < -0.4 is 0 Å². The molecule has 0 saturated carbocycles. The van der Waals surface area contributed by atoms with Gasteiger partial charge in [-0.25, -0.2) is 8.42 Å². The van der Waals surface area contributed by atoms with Crippen molar-refractivity contribution in [2.75, 3.05) is 53.0 Å². The summed E-state index contributed by atoms with van der Waals surface area (Å²) in [4.78, 5) is 29.4. The zero-order valence-corrected chi connectivity index (χ0v) is 19.3. The average Bonchev–Trinajstić information content (AvgIpc) is 2.82. The van der Waals surface area contributed by atoms with Gasteiger partial charge in [0.25, 0.3) is 5.91 Å². The molecule has 8 nitrogen and oxygen atoms in total. The molecule has 1 aromatic carbocycles. The summed E-state index contributed by atoms with van der Waals surface area (Å²) in [5.41, 5.74) is 0.193. The highest BCUT2D eigenvalue weighted by molar-refractivity contribution is 7.89. The van der Waals surface area contributed by atoms with Crippen molar-refractivity contribution >= 4 is 21.8 Å². The van der Waals surface area contributed by atoms with E-state index in [4.69, 9.17) is 4.74 Å². The van der Waals surface area contributed by atoms with Crippen LogP contribution in [0.2, 0.25) is 0 Å². The van der Waals surface area contributed by atoms with Crippen molar-refractivity contribution in [2.45, 2.75) is 37.5 Å². The smallest absolute Gasteiger partial charge is 0.255 e. The van der Waals surface area contributed by atoms with E-state index < -0.39 is 10.0 Å². The van der Waals surface area contributed by atoms with Crippen LogP contribution in [0.1, 0.15) is 43.0 Å². The highest BCUT2D eigenvalue weighted by Crippen LogP contribution is 2.25. The van der Waals surface area contributed by atoms with Crippen LogP contribution in [0.25, 0.3) is 0 Å². The Balaban J connectivity index is 1.69. The SMILES string of the molecule is CCCCN(C)C(=O)C1CCN(C(=O)c2ccccc2S(=O)(=O)N2CCOCC2)CC1. The van der Waals surface area contributed by atoms with E-state index in [2.05, 4.69) is 6.92 Å². The van der Waals surface area contributed by atoms with Crippen molar-refractivity contribution in [3.05, 3.63) is 29.8 Å². The molecule has 0 spiro atoms. The van der Waals surface area contributed by atoms with E-state index in [0.29, 0.717) is 39.1 Å². The minimum absolute atomic E-state index is 0.0411. The van der Waals surface area contributed by atoms with Gasteiger partial charge in [0.2, 0.25) is 15.9 Å². The molecule has 0 atom stereocenters. The lowest BCUT2D eigenvalue weighted by Crippen LogP contribution is -2.44. The molecule has 172 valence electrons. The van der Waals surface area contributed by atoms with E-state index in [0.717, 1.165) is 19.4 Å². The number of carbonyl (C=O) groups is 2. The normalized spacial score (nSPS) is 18.7. The molecule has 0 bridgehead atoms. The van der Waals surface area contributed by atoms with Gasteiger partial charge in [-0.1, -0.05) is 25.5 Å². The maximum Gasteiger partial charge on any atom is 0.255 e. The third-order valence-electron chi connectivity index (χ3n) is 6.06. The molecule has 31 heavy (non-hydrogen) atoms. The van der Waals surface area contributed by atoms with Crippen molar-refractivity contribution in [1.82, 2.24) is 14.1 Å². The summed E-state index contributed by atoms with van der Waals surface area (Å²) in [6.07, 6.45) is 3.21. The second kappa shape index (κ2) is 10.6. The van der Waals surface area contributed by atoms with Gasteiger partial charge in [-0.05, 0) is 31.4 Å². The van der Waals surface area contributed by atoms with Crippen LogP contribution in [-0.2, 0) is 19.6 Å². The van der Waals surface area contributed by atoms with Gasteiger partial charge in [0.15, 0.2) is 0 Å². The molecule has 0 unspecified atom stereocenters. The van der Waals surface area contributed by atoms with Crippen LogP contribution in [0.15, 0.2) is 29.2 Å². The van der Waals surface area contributed by atoms with Crippen molar-refractivity contribution in [1.29, 1.82) is 0 Å². The maximum atomic E-state index is 13.2. The van der Waals surface area contributed by atoms with Crippen molar-refractivity contribution in [3.8, 4) is 0 Å². The Morgan fingerprint density at radius 1 is 1.10 bits per heavy atom. The van der Waals surface area contributed by atoms with Crippen molar-refractivity contribution in [2.24, 2.45) is 5.92 Å². The first-order valence-electron chi connectivity index (χ1n) is 11.1. The zero-order valence-electron chi connectivity index (χ0n) is 18.5. The number of amides is 2. The van der Waals surface area contributed by atoms with E-state index in [-0.39, 0.29) is 41.3 Å². The number of nitrogens with zero attached hydrogens (tertiary/aromatic N) is 3. The van der Waals surface area contributed by atoms with Gasteiger partial charge >= 0.3 is 0 Å². The number of rotatable bonds is 7. The molecule has 0 aliphatic carbocycles. The van der Waals surface area contributed by atoms with Gasteiger partial charge in [0, 0.05) is 45.7 Å². The van der Waals surface area contributed by atoms with Crippen LogP contribution >= 0.6 is 0 Å². The molecule has 2 saturated heterocycles. The Bertz CT molecular complexity index is 875. The molecule has 0 N–H and O–H groups in total. The third kappa shape index (κ3) is 5.45. The molecule has 2 amide bonds. The average molecular weight is 452 g/mol. The second-order valence-corrected chi connectivity index (χ2v) is 10.1. The summed E-state index contributed by atoms with van der Waals surface area (Å²) in [5, 5.41) is 0. The Hall–Kier alpha value is -1.97. The second-order valence-electron chi connectivity index (χ2n) is 8.19. The molecule has 0 radical (unpaired) electrons. The lowest BCUT2D eigenvalue weighted by atomic mass is 9.94. The summed E-state index contributed by atoms with van der Waals surface area (Å²) in [5.74, 6) is -0.244. The summed E-state index contributed by atoms with van der Waals surface area (Å²) in [7, 11) is -1.94. The summed E-state index contributed by atoms with van der Waals surface area (Å²) in [6, 6.07) is 6.40. The lowest BCUT2D eigenvalue weighted by Gasteiger charge is -2.34. The molecule has 2 aliphatic rings. The van der Waals surface area contributed by atoms with Crippen LogP contribution in [-0.4, -0.2) is 87.3 Å². The first kappa shape index (κ1) is 23.7. The summed E-state index contributed by atoms with van der Waals surface area (Å²) in [6.45, 7) is 5.01. The summed E-state index contributed by atoms with van der Waals surface area (Å²) >= 11 is 0. The van der Waals surface area contributed by atoms with Gasteiger partial charge in [-0.3, -0.25) is 9.59 Å². The van der Waals surface area contributed by atoms with Gasteiger partial charge in [0.1, 0.15) is 0 Å². The van der Waals surface area contributed by atoms with Crippen LogP contribution in [0.3, 0.4) is 0 Å². The number of sulfonamides is 1. The fourth-order valence-electron chi connectivity index (χ4n) is 4.11. The molecule has 2 fully saturated rings. The first-order chi connectivity index (χ1) is 14.9. The molecular formula is C22H33N3O5S. The lowest BCUT2D eigenvalue weighted by molar-refractivity contribution is -0.135. The minimum atomic E-state index is -3.78. The first-order valence-corrected chi connectivity index (χ1v) is 12.5. The molecule has 1 aromatic rings. The van der Waals surface area contributed by atoms with Gasteiger partial charge in [0.05, 0.1) is 23.7 Å². The molecule has 2 heterocycles. The number of benzene rings is 1. The highest BCUT2D eigenvalue weighted by Gasteiger charge is 2.34. The molecule has 0 aromatic heterocycles. The predicted molar refractivity (Wildman–Crippen MR) is 117 cm³/mol. The quantitative estimate of drug-likeness (QED) is 0.631. The molecule has 3 rings (SSSR count). The van der Waals surface area contributed by atoms with Crippen molar-refractivity contribution < 1.29 is 22.7 Å². The third-order valence-corrected chi connectivity index (χ3v) is 8.02. The Labute approximate surface area is 185 Å². The summed E-state index contributed by atoms with van der Waals surface area (Å²) < 4.78 is 32.9. The van der Waals surface area contributed by atoms with E-state index in [9.17, 15) is 18.0 Å². The van der Waals surface area contributed by atoms with Gasteiger partial charge < -0.3 is 14.5 Å². The number of unbranched alkanes of at least 4 members (excludes halogenated alkanes) is 1. The Morgan fingerprint density at radius 2 is 1.74 bits per heavy atom. The number of carbonyl (C=O) groups excluding carboxylic acids is 2. The van der Waals surface area contributed by atoms with E-state index in [1.54, 1.807) is 28.0 Å². The molecule has 2 aliphatic heterocycles. The van der Waals surface area contributed by atoms with Crippen LogP contribution in [0.5, 0.6) is 0 Å². The van der Waals surface area contributed by atoms with E-state index in [1.807, 2.05) is 7.05 Å². The Kier molecular flexibility index (Phi) is 8.07. The fraction of sp³-hybridized carbons (Fsp3) is 0.636. The topological polar surface area (TPSA) is 87.2 Å².